The second kappa shape index (κ2) is 6.40. The maximum Gasteiger partial charge on any atom is 0.227 e. The van der Waals surface area contributed by atoms with Crippen molar-refractivity contribution in [2.75, 3.05) is 12.4 Å². The van der Waals surface area contributed by atoms with Crippen molar-refractivity contribution in [1.82, 2.24) is 5.16 Å². The number of aryl methyl sites for hydroxylation is 1. The molecule has 1 aromatic heterocycles. The topological polar surface area (TPSA) is 47.3 Å². The summed E-state index contributed by atoms with van der Waals surface area (Å²) in [5.41, 5.74) is 3.60. The standard InChI is InChI=1S/C20H20N2O2/c1-21-20-18-13-15(10-11-19(18)22-24-20)14-6-5-9-17(12-14)23-16-7-3-2-4-8-16/h2-9,12,15,21H,10-11,13H2,1H3. The van der Waals surface area contributed by atoms with E-state index >= 15 is 0 Å². The van der Waals surface area contributed by atoms with Gasteiger partial charge >= 0.3 is 0 Å². The van der Waals surface area contributed by atoms with Gasteiger partial charge in [0.1, 0.15) is 11.5 Å². The first kappa shape index (κ1) is 14.8. The molecule has 0 radical (unpaired) electrons. The first-order valence-corrected chi connectivity index (χ1v) is 8.31. The van der Waals surface area contributed by atoms with Crippen molar-refractivity contribution in [1.29, 1.82) is 0 Å². The van der Waals surface area contributed by atoms with Gasteiger partial charge in [-0.05, 0) is 55.0 Å². The fourth-order valence-corrected chi connectivity index (χ4v) is 3.35. The molecule has 4 nitrogen and oxygen atoms in total. The Morgan fingerprint density at radius 1 is 1.08 bits per heavy atom. The van der Waals surface area contributed by atoms with E-state index in [1.807, 2.05) is 43.4 Å². The number of nitrogens with one attached hydrogen (secondary N) is 1. The van der Waals surface area contributed by atoms with Gasteiger partial charge < -0.3 is 14.6 Å². The number of nitrogens with zero attached hydrogens (tertiary/aromatic N) is 1. The Morgan fingerprint density at radius 2 is 1.92 bits per heavy atom. The smallest absolute Gasteiger partial charge is 0.227 e. The summed E-state index contributed by atoms with van der Waals surface area (Å²) in [6.07, 6.45) is 2.98. The molecule has 1 aliphatic carbocycles. The van der Waals surface area contributed by atoms with Gasteiger partial charge in [-0.15, -0.1) is 0 Å². The highest BCUT2D eigenvalue weighted by molar-refractivity contribution is 5.46. The molecule has 122 valence electrons. The van der Waals surface area contributed by atoms with Crippen LogP contribution in [0, 0.1) is 0 Å². The van der Waals surface area contributed by atoms with Gasteiger partial charge in [-0.2, -0.15) is 0 Å². The Bertz CT molecular complexity index is 813. The van der Waals surface area contributed by atoms with E-state index in [9.17, 15) is 0 Å². The molecule has 1 unspecified atom stereocenters. The van der Waals surface area contributed by atoms with Crippen LogP contribution in [-0.2, 0) is 12.8 Å². The fourth-order valence-electron chi connectivity index (χ4n) is 3.35. The lowest BCUT2D eigenvalue weighted by molar-refractivity contribution is 0.423. The quantitative estimate of drug-likeness (QED) is 0.751. The molecule has 1 heterocycles. The first-order chi connectivity index (χ1) is 11.8. The molecule has 0 fully saturated rings. The highest BCUT2D eigenvalue weighted by Gasteiger charge is 2.26. The second-order valence-corrected chi connectivity index (χ2v) is 6.11. The number of ether oxygens (including phenoxy) is 1. The van der Waals surface area contributed by atoms with Crippen LogP contribution in [0.2, 0.25) is 0 Å². The largest absolute Gasteiger partial charge is 0.457 e. The molecule has 4 rings (SSSR count). The number of hydrogen-bond donors (Lipinski definition) is 1. The van der Waals surface area contributed by atoms with Crippen molar-refractivity contribution in [2.45, 2.75) is 25.2 Å². The summed E-state index contributed by atoms with van der Waals surface area (Å²) < 4.78 is 11.3. The average Bonchev–Trinajstić information content (AvgIpc) is 3.05. The molecule has 1 aliphatic rings. The molecule has 1 atom stereocenters. The SMILES string of the molecule is CNc1onc2c1CC(c1cccc(Oc3ccccc3)c1)CC2. The lowest BCUT2D eigenvalue weighted by Gasteiger charge is -2.22. The Hall–Kier alpha value is -2.75. The first-order valence-electron chi connectivity index (χ1n) is 8.31. The normalized spacial score (nSPS) is 16.5. The molecule has 3 aromatic rings. The van der Waals surface area contributed by atoms with Crippen molar-refractivity contribution in [3.63, 3.8) is 0 Å². The lowest BCUT2D eigenvalue weighted by atomic mass is 9.82. The van der Waals surface area contributed by atoms with Gasteiger partial charge in [0.05, 0.1) is 5.69 Å². The minimum atomic E-state index is 0.461. The van der Waals surface area contributed by atoms with Gasteiger partial charge in [-0.1, -0.05) is 35.5 Å². The van der Waals surface area contributed by atoms with Crippen molar-refractivity contribution in [2.24, 2.45) is 0 Å². The molecule has 4 heteroatoms. The molecule has 1 N–H and O–H groups in total. The third-order valence-corrected chi connectivity index (χ3v) is 4.59. The average molecular weight is 320 g/mol. The summed E-state index contributed by atoms with van der Waals surface area (Å²) in [4.78, 5) is 0. The Kier molecular flexibility index (Phi) is 3.95. The van der Waals surface area contributed by atoms with Crippen molar-refractivity contribution in [3.8, 4) is 11.5 Å². The number of aromatic nitrogens is 1. The number of para-hydroxylation sites is 1. The van der Waals surface area contributed by atoms with Crippen molar-refractivity contribution < 1.29 is 9.26 Å². The number of benzene rings is 2. The van der Waals surface area contributed by atoms with Crippen molar-refractivity contribution >= 4 is 5.88 Å². The highest BCUT2D eigenvalue weighted by atomic mass is 16.5. The monoisotopic (exact) mass is 320 g/mol. The van der Waals surface area contributed by atoms with E-state index < -0.39 is 0 Å². The van der Waals surface area contributed by atoms with E-state index in [2.05, 4.69) is 28.7 Å². The number of fused-ring (bicyclic) bond motifs is 1. The summed E-state index contributed by atoms with van der Waals surface area (Å²) in [7, 11) is 1.87. The van der Waals surface area contributed by atoms with E-state index in [1.165, 1.54) is 11.1 Å². The number of anilines is 1. The van der Waals surface area contributed by atoms with Gasteiger partial charge in [0.2, 0.25) is 5.88 Å². The predicted molar refractivity (Wildman–Crippen MR) is 93.8 cm³/mol. The third kappa shape index (κ3) is 2.87. The molecular formula is C20H20N2O2. The Morgan fingerprint density at radius 3 is 2.75 bits per heavy atom. The lowest BCUT2D eigenvalue weighted by Crippen LogP contribution is -2.13. The van der Waals surface area contributed by atoms with Crippen LogP contribution in [0.5, 0.6) is 11.5 Å². The summed E-state index contributed by atoms with van der Waals surface area (Å²) in [6, 6.07) is 18.3. The van der Waals surface area contributed by atoms with Crippen LogP contribution in [0.1, 0.15) is 29.2 Å². The second-order valence-electron chi connectivity index (χ2n) is 6.11. The zero-order valence-electron chi connectivity index (χ0n) is 13.7. The summed E-state index contributed by atoms with van der Waals surface area (Å²) >= 11 is 0. The molecule has 0 saturated carbocycles. The van der Waals surface area contributed by atoms with Crippen LogP contribution >= 0.6 is 0 Å². The molecule has 24 heavy (non-hydrogen) atoms. The summed E-state index contributed by atoms with van der Waals surface area (Å²) in [5.74, 6) is 3.00. The summed E-state index contributed by atoms with van der Waals surface area (Å²) in [6.45, 7) is 0. The van der Waals surface area contributed by atoms with E-state index in [0.29, 0.717) is 5.92 Å². The van der Waals surface area contributed by atoms with E-state index in [0.717, 1.165) is 42.3 Å². The number of rotatable bonds is 4. The number of hydrogen-bond acceptors (Lipinski definition) is 4. The van der Waals surface area contributed by atoms with Crippen LogP contribution in [0.15, 0.2) is 59.1 Å². The van der Waals surface area contributed by atoms with Gasteiger partial charge in [-0.25, -0.2) is 0 Å². The van der Waals surface area contributed by atoms with Crippen LogP contribution < -0.4 is 10.1 Å². The third-order valence-electron chi connectivity index (χ3n) is 4.59. The highest BCUT2D eigenvalue weighted by Crippen LogP contribution is 2.37. The molecular weight excluding hydrogens is 300 g/mol. The van der Waals surface area contributed by atoms with E-state index in [1.54, 1.807) is 0 Å². The zero-order chi connectivity index (χ0) is 16.4. The molecule has 2 aromatic carbocycles. The molecule has 0 aliphatic heterocycles. The minimum absolute atomic E-state index is 0.461. The fraction of sp³-hybridized carbons (Fsp3) is 0.250. The molecule has 0 spiro atoms. The predicted octanol–water partition coefficient (Wildman–Crippen LogP) is 4.78. The molecule has 0 amide bonds. The van der Waals surface area contributed by atoms with Gasteiger partial charge in [0.15, 0.2) is 0 Å². The van der Waals surface area contributed by atoms with Crippen LogP contribution in [0.3, 0.4) is 0 Å². The molecule has 0 saturated heterocycles. The maximum absolute atomic E-state index is 5.97. The van der Waals surface area contributed by atoms with Gasteiger partial charge in [-0.3, -0.25) is 0 Å². The van der Waals surface area contributed by atoms with E-state index in [4.69, 9.17) is 9.26 Å². The Balaban J connectivity index is 1.56. The van der Waals surface area contributed by atoms with E-state index in [-0.39, 0.29) is 0 Å². The van der Waals surface area contributed by atoms with Gasteiger partial charge in [0, 0.05) is 12.6 Å². The minimum Gasteiger partial charge on any atom is -0.457 e. The summed E-state index contributed by atoms with van der Waals surface area (Å²) in [5, 5.41) is 7.26. The maximum atomic E-state index is 5.97. The zero-order valence-corrected chi connectivity index (χ0v) is 13.7. The van der Waals surface area contributed by atoms with Crippen LogP contribution in [0.25, 0.3) is 0 Å². The Labute approximate surface area is 141 Å². The van der Waals surface area contributed by atoms with Gasteiger partial charge in [0.25, 0.3) is 0 Å². The van der Waals surface area contributed by atoms with Crippen LogP contribution in [0.4, 0.5) is 5.88 Å². The van der Waals surface area contributed by atoms with Crippen LogP contribution in [-0.4, -0.2) is 12.2 Å². The van der Waals surface area contributed by atoms with Crippen molar-refractivity contribution in [3.05, 3.63) is 71.4 Å². The molecule has 0 bridgehead atoms.